The highest BCUT2D eigenvalue weighted by atomic mass is 32.2. The van der Waals surface area contributed by atoms with Crippen molar-refractivity contribution in [1.82, 2.24) is 0 Å². The maximum atomic E-state index is 11.2. The zero-order valence-electron chi connectivity index (χ0n) is 6.04. The Labute approximate surface area is 76.2 Å². The lowest BCUT2D eigenvalue weighted by atomic mass is 10.4. The van der Waals surface area contributed by atoms with E-state index in [0.29, 0.717) is 4.89 Å². The molecule has 6 heteroatoms. The second kappa shape index (κ2) is 3.90. The maximum absolute atomic E-state index is 11.2. The zero-order valence-corrected chi connectivity index (χ0v) is 7.76. The fourth-order valence-corrected chi connectivity index (χ4v) is 1.82. The summed E-state index contributed by atoms with van der Waals surface area (Å²) in [5, 5.41) is 0. The molecule has 0 fully saturated rings. The number of hydrogen-bond acceptors (Lipinski definition) is 4. The predicted molar refractivity (Wildman–Crippen MR) is 45.6 cm³/mol. The molecule has 0 unspecified atom stereocenters. The Bertz CT molecular complexity index is 335. The lowest BCUT2D eigenvalue weighted by Gasteiger charge is -1.97. The van der Waals surface area contributed by atoms with Gasteiger partial charge in [0.05, 0.1) is 0 Å². The van der Waals surface area contributed by atoms with Crippen molar-refractivity contribution in [3.05, 3.63) is 30.3 Å². The molecule has 1 aromatic rings. The fraction of sp³-hybridized carbons (Fsp3) is 0. The molecule has 0 bridgehead atoms. The van der Waals surface area contributed by atoms with Crippen LogP contribution in [0.25, 0.3) is 0 Å². The number of nitrogens with two attached hydrogens (primary N) is 1. The van der Waals surface area contributed by atoms with Gasteiger partial charge in [0.25, 0.3) is 0 Å². The summed E-state index contributed by atoms with van der Waals surface area (Å²) in [5.74, 6) is 0. The van der Waals surface area contributed by atoms with E-state index >= 15 is 0 Å². The van der Waals surface area contributed by atoms with Gasteiger partial charge in [-0.25, -0.2) is 0 Å². The fourth-order valence-electron chi connectivity index (χ4n) is 0.722. The first-order valence-corrected chi connectivity index (χ1v) is 5.01. The van der Waals surface area contributed by atoms with Crippen LogP contribution in [0.1, 0.15) is 0 Å². The van der Waals surface area contributed by atoms with E-state index < -0.39 is 10.0 Å². The molecule has 0 radical (unpaired) electrons. The average molecular weight is 206 g/mol. The monoisotopic (exact) mass is 206 g/mol. The summed E-state index contributed by atoms with van der Waals surface area (Å²) in [5.41, 5.74) is 0. The van der Waals surface area contributed by atoms with Crippen molar-refractivity contribution in [2.24, 2.45) is 0 Å². The Morgan fingerprint density at radius 3 is 2.33 bits per heavy atom. The minimum absolute atomic E-state index is 0.194. The van der Waals surface area contributed by atoms with E-state index in [1.807, 2.05) is 0 Å². The van der Waals surface area contributed by atoms with Crippen LogP contribution in [-0.2, 0) is 14.3 Å². The van der Waals surface area contributed by atoms with Crippen molar-refractivity contribution < 1.29 is 17.6 Å². The minimum Gasteiger partial charge on any atom is -0.166 e. The Kier molecular flexibility index (Phi) is 3.10. The highest BCUT2D eigenvalue weighted by Gasteiger charge is 2.16. The van der Waals surface area contributed by atoms with Crippen molar-refractivity contribution in [2.75, 3.05) is 0 Å². The van der Waals surface area contributed by atoms with Crippen molar-refractivity contribution in [3.8, 4) is 0 Å². The highest BCUT2D eigenvalue weighted by Crippen LogP contribution is 2.02. The minimum atomic E-state index is -3.43. The molecule has 2 N–H and O–H groups in total. The number of benzene rings is 1. The quantitative estimate of drug-likeness (QED) is 0.406. The Balaban J connectivity index is 2.99. The van der Waals surface area contributed by atoms with Gasteiger partial charge >= 0.3 is 10.0 Å². The highest BCUT2D eigenvalue weighted by molar-refractivity contribution is 7.85. The molecule has 0 heterocycles. The molecule has 0 aliphatic carbocycles. The first kappa shape index (κ1) is 9.53. The van der Waals surface area contributed by atoms with Gasteiger partial charge in [0.15, 0.2) is 0 Å². The summed E-state index contributed by atoms with van der Waals surface area (Å²) in [7, 11) is -3.43. The molecule has 66 valence electrons. The molecule has 12 heavy (non-hydrogen) atoms. The van der Waals surface area contributed by atoms with Gasteiger partial charge in [0, 0.05) is 12.9 Å². The van der Waals surface area contributed by atoms with Crippen LogP contribution in [0.3, 0.4) is 0 Å². The summed E-state index contributed by atoms with van der Waals surface area (Å²) in [4.78, 5) is 0.880. The van der Waals surface area contributed by atoms with Gasteiger partial charge in [-0.05, 0) is 12.1 Å². The standard InChI is InChI=1S/C6H7NO3S2/c8-12(9,7-10-11)6-4-2-1-3-5-6/h1-5,7,11H/p+1. The van der Waals surface area contributed by atoms with Crippen LogP contribution in [0.2, 0.25) is 0 Å². The third-order valence-electron chi connectivity index (χ3n) is 1.24. The first-order chi connectivity index (χ1) is 5.67. The van der Waals surface area contributed by atoms with Crippen molar-refractivity contribution >= 4 is 22.9 Å². The number of rotatable bonds is 3. The predicted octanol–water partition coefficient (Wildman–Crippen LogP) is -0.285. The van der Waals surface area contributed by atoms with Gasteiger partial charge in [-0.2, -0.15) is 8.42 Å². The van der Waals surface area contributed by atoms with Crippen LogP contribution in [0, 0.1) is 0 Å². The van der Waals surface area contributed by atoms with E-state index in [1.165, 1.54) is 12.1 Å². The zero-order chi connectivity index (χ0) is 9.03. The van der Waals surface area contributed by atoms with Gasteiger partial charge in [-0.15, -0.1) is 4.28 Å². The van der Waals surface area contributed by atoms with Gasteiger partial charge in [0.2, 0.25) is 0 Å². The van der Waals surface area contributed by atoms with E-state index in [2.05, 4.69) is 17.2 Å². The number of quaternary nitrogens is 1. The summed E-state index contributed by atoms with van der Waals surface area (Å²) in [6.45, 7) is 0. The van der Waals surface area contributed by atoms with Crippen LogP contribution in [0.5, 0.6) is 0 Å². The second-order valence-electron chi connectivity index (χ2n) is 2.06. The summed E-state index contributed by atoms with van der Waals surface area (Å²) in [6.07, 6.45) is 0. The van der Waals surface area contributed by atoms with Gasteiger partial charge < -0.3 is 0 Å². The molecule has 0 atom stereocenters. The molecule has 0 saturated carbocycles. The van der Waals surface area contributed by atoms with Crippen LogP contribution in [0.15, 0.2) is 35.2 Å². The van der Waals surface area contributed by atoms with E-state index in [9.17, 15) is 8.42 Å². The van der Waals surface area contributed by atoms with Crippen LogP contribution in [0.4, 0.5) is 0 Å². The number of thiol groups is 1. The van der Waals surface area contributed by atoms with Gasteiger partial charge in [-0.3, -0.25) is 0 Å². The van der Waals surface area contributed by atoms with Crippen LogP contribution >= 0.6 is 12.9 Å². The van der Waals surface area contributed by atoms with E-state index in [1.54, 1.807) is 18.2 Å². The van der Waals surface area contributed by atoms with Gasteiger partial charge in [-0.1, -0.05) is 23.1 Å². The van der Waals surface area contributed by atoms with E-state index in [-0.39, 0.29) is 4.90 Å². The van der Waals surface area contributed by atoms with Crippen LogP contribution in [-0.4, -0.2) is 8.42 Å². The first-order valence-electron chi connectivity index (χ1n) is 3.10. The van der Waals surface area contributed by atoms with Gasteiger partial charge in [0.1, 0.15) is 4.90 Å². The average Bonchev–Trinajstić information content (AvgIpc) is 2.06. The number of primary sulfonamides is 1. The van der Waals surface area contributed by atoms with E-state index in [4.69, 9.17) is 0 Å². The summed E-state index contributed by atoms with van der Waals surface area (Å²) >= 11 is 3.33. The SMILES string of the molecule is O=S(=O)([NH2+]OS)c1ccccc1. The molecule has 0 saturated heterocycles. The molecular formula is C6H8NO3S2+. The third kappa shape index (κ3) is 2.21. The molecule has 1 rings (SSSR count). The maximum Gasteiger partial charge on any atom is 0.354 e. The lowest BCUT2D eigenvalue weighted by molar-refractivity contribution is -0.730. The smallest absolute Gasteiger partial charge is 0.166 e. The number of sulfonamides is 1. The second-order valence-corrected chi connectivity index (χ2v) is 4.02. The Morgan fingerprint density at radius 1 is 1.25 bits per heavy atom. The summed E-state index contributed by atoms with van der Waals surface area (Å²) in [6, 6.07) is 7.98. The van der Waals surface area contributed by atoms with Crippen molar-refractivity contribution in [1.29, 1.82) is 0 Å². The normalized spacial score (nSPS) is 11.4. The molecule has 4 nitrogen and oxygen atoms in total. The van der Waals surface area contributed by atoms with Crippen LogP contribution < -0.4 is 4.89 Å². The largest absolute Gasteiger partial charge is 0.354 e. The molecule has 0 spiro atoms. The topological polar surface area (TPSA) is 60.0 Å². The number of hydrogen-bond donors (Lipinski definition) is 2. The molecule has 0 aliphatic heterocycles. The lowest BCUT2D eigenvalue weighted by Crippen LogP contribution is -2.84. The molecule has 0 aliphatic rings. The van der Waals surface area contributed by atoms with Crippen molar-refractivity contribution in [2.45, 2.75) is 4.90 Å². The Hall–Kier alpha value is -0.560. The summed E-state index contributed by atoms with van der Waals surface area (Å²) < 4.78 is 26.5. The van der Waals surface area contributed by atoms with E-state index in [0.717, 1.165) is 0 Å². The van der Waals surface area contributed by atoms with Crippen molar-refractivity contribution in [3.63, 3.8) is 0 Å². The Morgan fingerprint density at radius 2 is 1.83 bits per heavy atom. The molecule has 1 aromatic carbocycles. The molecular weight excluding hydrogens is 198 g/mol. The third-order valence-corrected chi connectivity index (χ3v) is 2.77. The molecule has 0 aromatic heterocycles. The molecule has 0 amide bonds.